The number of carbonyl (C=O) groups is 5. The zero-order valence-corrected chi connectivity index (χ0v) is 37.8. The Bertz CT molecular complexity index is 1660. The molecule has 2 aromatic carbocycles. The summed E-state index contributed by atoms with van der Waals surface area (Å²) in [6, 6.07) is 15.0. The molecule has 2 N–H and O–H groups in total. The first kappa shape index (κ1) is 49.8. The molecule has 4 amide bonds. The van der Waals surface area contributed by atoms with Gasteiger partial charge in [0.05, 0.1) is 63.4 Å². The number of hydrogen-bond acceptors (Lipinski definition) is 10. The van der Waals surface area contributed by atoms with Crippen LogP contribution in [0.1, 0.15) is 71.4 Å². The van der Waals surface area contributed by atoms with Gasteiger partial charge in [-0.05, 0) is 61.4 Å². The Morgan fingerprint density at radius 2 is 1.53 bits per heavy atom. The van der Waals surface area contributed by atoms with E-state index in [2.05, 4.69) is 10.6 Å². The first-order valence-corrected chi connectivity index (χ1v) is 21.3. The number of likely N-dealkylation sites (tertiary alicyclic amines) is 1. The molecule has 1 saturated heterocycles. The van der Waals surface area contributed by atoms with E-state index >= 15 is 0 Å². The molecule has 8 atom stereocenters. The summed E-state index contributed by atoms with van der Waals surface area (Å²) < 4.78 is 22.2. The third kappa shape index (κ3) is 13.8. The van der Waals surface area contributed by atoms with Crippen molar-refractivity contribution in [3.63, 3.8) is 0 Å². The van der Waals surface area contributed by atoms with Crippen LogP contribution in [0.3, 0.4) is 0 Å². The van der Waals surface area contributed by atoms with Crippen molar-refractivity contribution >= 4 is 29.6 Å². The van der Waals surface area contributed by atoms with Crippen LogP contribution < -0.4 is 15.4 Å². The Morgan fingerprint density at radius 1 is 0.867 bits per heavy atom. The molecule has 1 aliphatic heterocycles. The summed E-state index contributed by atoms with van der Waals surface area (Å²) in [5.74, 6) is -1.58. The van der Waals surface area contributed by atoms with E-state index in [9.17, 15) is 24.0 Å². The molecule has 0 radical (unpaired) electrons. The largest absolute Gasteiger partial charge is 0.497 e. The zero-order chi connectivity index (χ0) is 44.5. The molecule has 0 saturated carbocycles. The van der Waals surface area contributed by atoms with Gasteiger partial charge in [0.25, 0.3) is 0 Å². The fourth-order valence-electron chi connectivity index (χ4n) is 8.45. The molecule has 0 aliphatic carbocycles. The molecule has 0 bridgehead atoms. The molecule has 7 unspecified atom stereocenters. The fraction of sp³-hybridized carbons (Fsp3) is 0.630. The van der Waals surface area contributed by atoms with Gasteiger partial charge >= 0.3 is 5.97 Å². The van der Waals surface area contributed by atoms with E-state index in [1.54, 1.807) is 38.0 Å². The lowest BCUT2D eigenvalue weighted by Crippen LogP contribution is -2.55. The van der Waals surface area contributed by atoms with Crippen LogP contribution in [0.5, 0.6) is 5.75 Å². The smallest absolute Gasteiger partial charge is 0.328 e. The van der Waals surface area contributed by atoms with Crippen molar-refractivity contribution < 1.29 is 42.9 Å². The van der Waals surface area contributed by atoms with E-state index in [0.29, 0.717) is 19.5 Å². The first-order valence-electron chi connectivity index (χ1n) is 21.3. The number of nitrogens with one attached hydrogen (secondary N) is 2. The maximum Gasteiger partial charge on any atom is 0.328 e. The predicted octanol–water partition coefficient (Wildman–Crippen LogP) is 4.13. The van der Waals surface area contributed by atoms with Crippen molar-refractivity contribution in [3.05, 3.63) is 65.7 Å². The standard InChI is InChI=1S/C46H71N5O9/c1-12-31(4)42(50(7)40(53)29-47-45(55)41(30(2)3)49(6)26-24-33-20-22-35(57-8)23-21-33)38(58-9)28-39(52)51-25-16-19-37(51)43(59-10)32(5)44(54)48-36(46(56)60-11)27-34-17-14-13-15-18-34/h13-15,17-18,20-23,30-32,36-38,41-43H,12,16,19,24-29H2,1-11H3,(H,47,55)(H,48,54)/t31?,32?,36-,37?,38?,41?,42?,43?/m0/s1. The minimum absolute atomic E-state index is 0.00109. The van der Waals surface area contributed by atoms with Crippen LogP contribution in [0.15, 0.2) is 54.6 Å². The van der Waals surface area contributed by atoms with Crippen LogP contribution in [0.4, 0.5) is 0 Å². The van der Waals surface area contributed by atoms with Crippen molar-refractivity contribution in [2.75, 3.05) is 62.2 Å². The Kier molecular flexibility index (Phi) is 20.5. The third-order valence-electron chi connectivity index (χ3n) is 12.1. The highest BCUT2D eigenvalue weighted by molar-refractivity contribution is 5.88. The zero-order valence-electron chi connectivity index (χ0n) is 37.8. The number of ether oxygens (including phenoxy) is 4. The highest BCUT2D eigenvalue weighted by Crippen LogP contribution is 2.29. The summed E-state index contributed by atoms with van der Waals surface area (Å²) in [7, 11) is 9.61. The second kappa shape index (κ2) is 24.7. The monoisotopic (exact) mass is 838 g/mol. The number of hydrogen-bond donors (Lipinski definition) is 2. The van der Waals surface area contributed by atoms with Crippen LogP contribution in [0.2, 0.25) is 0 Å². The lowest BCUT2D eigenvalue weighted by molar-refractivity contribution is -0.148. The lowest BCUT2D eigenvalue weighted by Gasteiger charge is -2.39. The van der Waals surface area contributed by atoms with Crippen molar-refractivity contribution in [2.24, 2.45) is 17.8 Å². The SMILES string of the molecule is CCC(C)C(C(CC(=O)N1CCCC1C(OC)C(C)C(=O)N[C@@H](Cc1ccccc1)C(=O)OC)OC)N(C)C(=O)CNC(=O)C(C(C)C)N(C)CCc1ccc(OC)cc1. The van der Waals surface area contributed by atoms with E-state index in [1.165, 1.54) is 14.2 Å². The van der Waals surface area contributed by atoms with Gasteiger partial charge in [0, 0.05) is 40.8 Å². The molecule has 2 aromatic rings. The molecule has 1 aliphatic rings. The van der Waals surface area contributed by atoms with Gasteiger partial charge in [-0.3, -0.25) is 24.1 Å². The van der Waals surface area contributed by atoms with Crippen LogP contribution in [0.25, 0.3) is 0 Å². The van der Waals surface area contributed by atoms with Crippen molar-refractivity contribution in [1.29, 1.82) is 0 Å². The number of benzene rings is 2. The number of rotatable bonds is 24. The molecule has 1 fully saturated rings. The number of methoxy groups -OCH3 is 4. The maximum atomic E-state index is 14.2. The molecule has 0 aromatic heterocycles. The lowest BCUT2D eigenvalue weighted by atomic mass is 9.90. The van der Waals surface area contributed by atoms with Gasteiger partial charge < -0.3 is 39.4 Å². The normalized spacial score (nSPS) is 17.6. The highest BCUT2D eigenvalue weighted by atomic mass is 16.5. The summed E-state index contributed by atoms with van der Waals surface area (Å²) in [4.78, 5) is 73.4. The Hall–Kier alpha value is -4.53. The number of amides is 4. The van der Waals surface area contributed by atoms with Crippen molar-refractivity contribution in [1.82, 2.24) is 25.3 Å². The van der Waals surface area contributed by atoms with Crippen LogP contribution in [-0.2, 0) is 51.0 Å². The second-order valence-corrected chi connectivity index (χ2v) is 16.4. The number of nitrogens with zero attached hydrogens (tertiary/aromatic N) is 3. The summed E-state index contributed by atoms with van der Waals surface area (Å²) in [5.41, 5.74) is 2.00. The summed E-state index contributed by atoms with van der Waals surface area (Å²) in [6.45, 7) is 10.7. The topological polar surface area (TPSA) is 156 Å². The van der Waals surface area contributed by atoms with Crippen LogP contribution >= 0.6 is 0 Å². The summed E-state index contributed by atoms with van der Waals surface area (Å²) >= 11 is 0. The van der Waals surface area contributed by atoms with Gasteiger partial charge in [0.15, 0.2) is 0 Å². The Morgan fingerprint density at radius 3 is 2.10 bits per heavy atom. The predicted molar refractivity (Wildman–Crippen MR) is 231 cm³/mol. The van der Waals surface area contributed by atoms with Gasteiger partial charge in [-0.25, -0.2) is 4.79 Å². The van der Waals surface area contributed by atoms with Crippen LogP contribution in [-0.4, -0.2) is 143 Å². The highest BCUT2D eigenvalue weighted by Gasteiger charge is 2.42. The molecular formula is C46H71N5O9. The maximum absolute atomic E-state index is 14.2. The molecule has 14 heteroatoms. The average molecular weight is 838 g/mol. The van der Waals surface area contributed by atoms with Gasteiger partial charge in [-0.15, -0.1) is 0 Å². The Labute approximate surface area is 358 Å². The quantitative estimate of drug-likeness (QED) is 0.148. The molecule has 60 heavy (non-hydrogen) atoms. The number of carbonyl (C=O) groups excluding carboxylic acids is 5. The van der Waals surface area contributed by atoms with Gasteiger partial charge in [-0.2, -0.15) is 0 Å². The van der Waals surface area contributed by atoms with Gasteiger partial charge in [-0.1, -0.05) is 83.5 Å². The first-order chi connectivity index (χ1) is 28.6. The minimum atomic E-state index is -0.896. The average Bonchev–Trinajstić information content (AvgIpc) is 3.74. The van der Waals surface area contributed by atoms with E-state index in [1.807, 2.05) is 94.2 Å². The molecule has 334 valence electrons. The van der Waals surface area contributed by atoms with Crippen molar-refractivity contribution in [3.8, 4) is 5.75 Å². The molecule has 3 rings (SSSR count). The van der Waals surface area contributed by atoms with Crippen LogP contribution in [0, 0.1) is 17.8 Å². The third-order valence-corrected chi connectivity index (χ3v) is 12.1. The minimum Gasteiger partial charge on any atom is -0.497 e. The number of esters is 1. The second-order valence-electron chi connectivity index (χ2n) is 16.4. The molecular weight excluding hydrogens is 767 g/mol. The van der Waals surface area contributed by atoms with E-state index in [4.69, 9.17) is 18.9 Å². The van der Waals surface area contributed by atoms with E-state index in [0.717, 1.165) is 36.1 Å². The van der Waals surface area contributed by atoms with E-state index < -0.39 is 48.3 Å². The summed E-state index contributed by atoms with van der Waals surface area (Å²) in [5, 5.41) is 5.75. The Balaban J connectivity index is 1.67. The van der Waals surface area contributed by atoms with Crippen molar-refractivity contribution in [2.45, 2.75) is 110 Å². The van der Waals surface area contributed by atoms with Gasteiger partial charge in [0.1, 0.15) is 11.8 Å². The molecule has 1 heterocycles. The molecule has 0 spiro atoms. The molecule has 14 nitrogen and oxygen atoms in total. The van der Waals surface area contributed by atoms with Gasteiger partial charge in [0.2, 0.25) is 23.6 Å². The number of likely N-dealkylation sites (N-methyl/N-ethyl adjacent to an activating group) is 2. The summed E-state index contributed by atoms with van der Waals surface area (Å²) in [6.07, 6.45) is 1.79. The van der Waals surface area contributed by atoms with E-state index in [-0.39, 0.29) is 54.9 Å². The fourth-order valence-corrected chi connectivity index (χ4v) is 8.45.